The van der Waals surface area contributed by atoms with E-state index < -0.39 is 0 Å². The van der Waals surface area contributed by atoms with Crippen LogP contribution in [0.5, 0.6) is 0 Å². The van der Waals surface area contributed by atoms with Gasteiger partial charge in [-0.2, -0.15) is 5.10 Å². The van der Waals surface area contributed by atoms with Gasteiger partial charge in [-0.1, -0.05) is 30.3 Å². The number of hydrogen-bond donors (Lipinski definition) is 2. The van der Waals surface area contributed by atoms with Crippen molar-refractivity contribution in [1.82, 2.24) is 30.2 Å². The second-order valence-corrected chi connectivity index (χ2v) is 8.35. The van der Waals surface area contributed by atoms with E-state index in [1.165, 1.54) is 16.8 Å². The van der Waals surface area contributed by atoms with Gasteiger partial charge in [0, 0.05) is 64.1 Å². The highest BCUT2D eigenvalue weighted by molar-refractivity contribution is 5.79. The van der Waals surface area contributed by atoms with E-state index in [0.29, 0.717) is 6.54 Å². The van der Waals surface area contributed by atoms with Crippen molar-refractivity contribution < 1.29 is 0 Å². The van der Waals surface area contributed by atoms with Gasteiger partial charge in [0.25, 0.3) is 0 Å². The Kier molecular flexibility index (Phi) is 8.91. The first kappa shape index (κ1) is 23.3. The van der Waals surface area contributed by atoms with Gasteiger partial charge in [-0.05, 0) is 39.3 Å². The molecule has 1 aliphatic rings. The molecule has 0 unspecified atom stereocenters. The van der Waals surface area contributed by atoms with Gasteiger partial charge >= 0.3 is 0 Å². The number of nitrogens with zero attached hydrogens (tertiary/aromatic N) is 5. The van der Waals surface area contributed by atoms with Crippen LogP contribution < -0.4 is 10.6 Å². The lowest BCUT2D eigenvalue weighted by Gasteiger charge is -2.34. The molecule has 0 saturated carbocycles. The van der Waals surface area contributed by atoms with Crippen molar-refractivity contribution in [3.8, 4) is 0 Å². The number of guanidine groups is 1. The van der Waals surface area contributed by atoms with E-state index in [0.717, 1.165) is 70.4 Å². The van der Waals surface area contributed by atoms with Gasteiger partial charge in [0.2, 0.25) is 0 Å². The van der Waals surface area contributed by atoms with Gasteiger partial charge in [0.15, 0.2) is 5.96 Å². The summed E-state index contributed by atoms with van der Waals surface area (Å²) in [4.78, 5) is 9.91. The van der Waals surface area contributed by atoms with Gasteiger partial charge in [0.1, 0.15) is 0 Å². The molecule has 0 amide bonds. The summed E-state index contributed by atoms with van der Waals surface area (Å²) in [6.07, 6.45) is 1.12. The predicted molar refractivity (Wildman–Crippen MR) is 128 cm³/mol. The monoisotopic (exact) mass is 425 g/mol. The van der Waals surface area contributed by atoms with E-state index in [2.05, 4.69) is 76.6 Å². The Balaban J connectivity index is 1.36. The topological polar surface area (TPSA) is 60.7 Å². The molecule has 7 nitrogen and oxygen atoms in total. The molecule has 1 aromatic heterocycles. The molecule has 0 radical (unpaired) electrons. The van der Waals surface area contributed by atoms with Crippen LogP contribution in [0, 0.1) is 13.8 Å². The first-order valence-electron chi connectivity index (χ1n) is 11.6. The summed E-state index contributed by atoms with van der Waals surface area (Å²) in [5.41, 5.74) is 4.87. The van der Waals surface area contributed by atoms with Crippen LogP contribution in [-0.2, 0) is 20.1 Å². The molecule has 0 aliphatic carbocycles. The number of aryl methyl sites for hydroxylation is 2. The van der Waals surface area contributed by atoms with Crippen LogP contribution in [0.15, 0.2) is 35.3 Å². The van der Waals surface area contributed by atoms with Crippen molar-refractivity contribution in [2.24, 2.45) is 12.0 Å². The average molecular weight is 426 g/mol. The number of aliphatic imine (C=N–C) groups is 1. The van der Waals surface area contributed by atoms with Crippen molar-refractivity contribution in [1.29, 1.82) is 0 Å². The second kappa shape index (κ2) is 11.9. The Labute approximate surface area is 187 Å². The number of hydrogen-bond acceptors (Lipinski definition) is 4. The molecule has 0 spiro atoms. The molecular formula is C24H39N7. The molecule has 7 heteroatoms. The number of aromatic nitrogens is 2. The fraction of sp³-hybridized carbons (Fsp3) is 0.583. The summed E-state index contributed by atoms with van der Waals surface area (Å²) in [6.45, 7) is 15.5. The van der Waals surface area contributed by atoms with Crippen molar-refractivity contribution in [2.75, 3.05) is 45.8 Å². The molecule has 170 valence electrons. The lowest BCUT2D eigenvalue weighted by Crippen LogP contribution is -2.46. The standard InChI is InChI=1S/C24H39N7/c1-5-25-24(27-18-23-20(2)28-29(4)21(23)3)26-12-9-13-30-14-16-31(17-15-30)19-22-10-7-6-8-11-22/h6-8,10-11H,5,9,12-19H2,1-4H3,(H2,25,26,27). The number of rotatable bonds is 9. The smallest absolute Gasteiger partial charge is 0.191 e. The molecule has 1 saturated heterocycles. The van der Waals surface area contributed by atoms with E-state index in [9.17, 15) is 0 Å². The Morgan fingerprint density at radius 3 is 2.39 bits per heavy atom. The summed E-state index contributed by atoms with van der Waals surface area (Å²) < 4.78 is 1.93. The van der Waals surface area contributed by atoms with Crippen LogP contribution >= 0.6 is 0 Å². The zero-order valence-electron chi connectivity index (χ0n) is 19.7. The van der Waals surface area contributed by atoms with Gasteiger partial charge < -0.3 is 15.5 Å². The number of benzene rings is 1. The summed E-state index contributed by atoms with van der Waals surface area (Å²) >= 11 is 0. The van der Waals surface area contributed by atoms with E-state index in [1.54, 1.807) is 0 Å². The van der Waals surface area contributed by atoms with E-state index in [-0.39, 0.29) is 0 Å². The largest absolute Gasteiger partial charge is 0.357 e. The maximum absolute atomic E-state index is 4.77. The molecule has 1 aromatic carbocycles. The van der Waals surface area contributed by atoms with E-state index >= 15 is 0 Å². The molecule has 1 fully saturated rings. The fourth-order valence-corrected chi connectivity index (χ4v) is 4.07. The maximum atomic E-state index is 4.77. The molecule has 2 aromatic rings. The lowest BCUT2D eigenvalue weighted by molar-refractivity contribution is 0.126. The van der Waals surface area contributed by atoms with Crippen LogP contribution in [0.4, 0.5) is 0 Å². The summed E-state index contributed by atoms with van der Waals surface area (Å²) in [5, 5.41) is 11.3. The maximum Gasteiger partial charge on any atom is 0.191 e. The summed E-state index contributed by atoms with van der Waals surface area (Å²) in [6, 6.07) is 10.8. The molecule has 0 bridgehead atoms. The SMILES string of the molecule is CCNC(=NCc1c(C)nn(C)c1C)NCCCN1CCN(Cc2ccccc2)CC1. The Bertz CT molecular complexity index is 820. The minimum absolute atomic E-state index is 0.657. The van der Waals surface area contributed by atoms with Crippen molar-refractivity contribution in [2.45, 2.75) is 40.3 Å². The van der Waals surface area contributed by atoms with Crippen LogP contribution in [0.25, 0.3) is 0 Å². The first-order chi connectivity index (χ1) is 15.1. The van der Waals surface area contributed by atoms with Crippen molar-refractivity contribution >= 4 is 5.96 Å². The van der Waals surface area contributed by atoms with Crippen molar-refractivity contribution in [3.05, 3.63) is 52.8 Å². The minimum atomic E-state index is 0.657. The van der Waals surface area contributed by atoms with Crippen LogP contribution in [0.1, 0.15) is 35.9 Å². The third kappa shape index (κ3) is 7.08. The lowest BCUT2D eigenvalue weighted by atomic mass is 10.2. The van der Waals surface area contributed by atoms with E-state index in [1.807, 2.05) is 11.7 Å². The third-order valence-corrected chi connectivity index (χ3v) is 6.06. The Morgan fingerprint density at radius 1 is 1.03 bits per heavy atom. The molecule has 1 aliphatic heterocycles. The van der Waals surface area contributed by atoms with Crippen LogP contribution in [-0.4, -0.2) is 71.4 Å². The Morgan fingerprint density at radius 2 is 1.74 bits per heavy atom. The van der Waals surface area contributed by atoms with Gasteiger partial charge in [-0.3, -0.25) is 9.58 Å². The summed E-state index contributed by atoms with van der Waals surface area (Å²) in [5.74, 6) is 0.887. The molecule has 2 heterocycles. The highest BCUT2D eigenvalue weighted by Gasteiger charge is 2.16. The zero-order chi connectivity index (χ0) is 22.1. The average Bonchev–Trinajstić information content (AvgIpc) is 3.02. The van der Waals surface area contributed by atoms with Gasteiger partial charge in [-0.15, -0.1) is 0 Å². The van der Waals surface area contributed by atoms with E-state index in [4.69, 9.17) is 4.99 Å². The molecule has 3 rings (SSSR count). The number of nitrogens with one attached hydrogen (secondary N) is 2. The highest BCUT2D eigenvalue weighted by atomic mass is 15.3. The van der Waals surface area contributed by atoms with Crippen molar-refractivity contribution in [3.63, 3.8) is 0 Å². The molecule has 2 N–H and O–H groups in total. The fourth-order valence-electron chi connectivity index (χ4n) is 4.07. The third-order valence-electron chi connectivity index (χ3n) is 6.06. The highest BCUT2D eigenvalue weighted by Crippen LogP contribution is 2.13. The Hall–Kier alpha value is -2.38. The molecule has 0 atom stereocenters. The van der Waals surface area contributed by atoms with Gasteiger partial charge in [-0.25, -0.2) is 4.99 Å². The van der Waals surface area contributed by atoms with Crippen LogP contribution in [0.2, 0.25) is 0 Å². The van der Waals surface area contributed by atoms with Crippen LogP contribution in [0.3, 0.4) is 0 Å². The first-order valence-corrected chi connectivity index (χ1v) is 11.6. The normalized spacial score (nSPS) is 15.9. The van der Waals surface area contributed by atoms with Gasteiger partial charge in [0.05, 0.1) is 12.2 Å². The second-order valence-electron chi connectivity index (χ2n) is 8.35. The minimum Gasteiger partial charge on any atom is -0.357 e. The predicted octanol–water partition coefficient (Wildman–Crippen LogP) is 2.30. The molecule has 31 heavy (non-hydrogen) atoms. The zero-order valence-corrected chi connectivity index (χ0v) is 19.7. The quantitative estimate of drug-likeness (QED) is 0.367. The number of piperazine rings is 1. The molecular weight excluding hydrogens is 386 g/mol. The summed E-state index contributed by atoms with van der Waals surface area (Å²) in [7, 11) is 1.99.